The summed E-state index contributed by atoms with van der Waals surface area (Å²) in [5.41, 5.74) is 0.820. The number of nitrogens with zero attached hydrogens (tertiary/aromatic N) is 1. The van der Waals surface area contributed by atoms with E-state index in [1.165, 1.54) is 12.1 Å². The van der Waals surface area contributed by atoms with Crippen LogP contribution in [-0.4, -0.2) is 21.9 Å². The normalized spacial score (nSPS) is 19.5. The standard InChI is InChI=1S/C10H9NO4/c12-7-3-1-6(2-4-7)9-5-8(10(13)14)11-15-9/h1-4,9,12H,5H2,(H,13,14). The summed E-state index contributed by atoms with van der Waals surface area (Å²) in [5, 5.41) is 21.2. The molecule has 0 fully saturated rings. The van der Waals surface area contributed by atoms with Crippen molar-refractivity contribution in [2.75, 3.05) is 0 Å². The molecular formula is C10H9NO4. The van der Waals surface area contributed by atoms with Gasteiger partial charge in [0.05, 0.1) is 0 Å². The third kappa shape index (κ3) is 1.90. The maximum absolute atomic E-state index is 10.6. The van der Waals surface area contributed by atoms with Crippen molar-refractivity contribution in [3.63, 3.8) is 0 Å². The van der Waals surface area contributed by atoms with E-state index < -0.39 is 5.97 Å². The van der Waals surface area contributed by atoms with Crippen molar-refractivity contribution in [1.82, 2.24) is 0 Å². The molecule has 1 heterocycles. The van der Waals surface area contributed by atoms with Crippen molar-refractivity contribution in [3.8, 4) is 5.75 Å². The molecule has 1 aliphatic heterocycles. The highest BCUT2D eigenvalue weighted by molar-refractivity contribution is 6.35. The summed E-state index contributed by atoms with van der Waals surface area (Å²) < 4.78 is 0. The lowest BCUT2D eigenvalue weighted by atomic mass is 10.0. The van der Waals surface area contributed by atoms with Crippen LogP contribution in [-0.2, 0) is 9.63 Å². The number of hydrogen-bond acceptors (Lipinski definition) is 4. The Morgan fingerprint density at radius 1 is 1.40 bits per heavy atom. The van der Waals surface area contributed by atoms with Gasteiger partial charge in [-0.1, -0.05) is 17.3 Å². The SMILES string of the molecule is O=C(O)C1=NOC(c2ccc(O)cc2)C1. The fraction of sp³-hybridized carbons (Fsp3) is 0.200. The lowest BCUT2D eigenvalue weighted by Gasteiger charge is -2.07. The third-order valence-corrected chi connectivity index (χ3v) is 2.18. The van der Waals surface area contributed by atoms with Crippen molar-refractivity contribution in [2.45, 2.75) is 12.5 Å². The van der Waals surface area contributed by atoms with Crippen LogP contribution in [0, 0.1) is 0 Å². The number of aliphatic carboxylic acids is 1. The quantitative estimate of drug-likeness (QED) is 0.765. The molecule has 1 aromatic carbocycles. The van der Waals surface area contributed by atoms with Gasteiger partial charge in [0.2, 0.25) is 0 Å². The fourth-order valence-corrected chi connectivity index (χ4v) is 1.37. The van der Waals surface area contributed by atoms with Gasteiger partial charge in [0.25, 0.3) is 0 Å². The van der Waals surface area contributed by atoms with Crippen LogP contribution in [0.25, 0.3) is 0 Å². The van der Waals surface area contributed by atoms with Gasteiger partial charge in [0, 0.05) is 6.42 Å². The second kappa shape index (κ2) is 3.61. The monoisotopic (exact) mass is 207 g/mol. The van der Waals surface area contributed by atoms with Crippen LogP contribution in [0.15, 0.2) is 29.4 Å². The van der Waals surface area contributed by atoms with Gasteiger partial charge in [-0.25, -0.2) is 4.79 Å². The minimum absolute atomic E-state index is 0.0214. The number of carbonyl (C=O) groups is 1. The van der Waals surface area contributed by atoms with Crippen LogP contribution < -0.4 is 0 Å². The van der Waals surface area contributed by atoms with Crippen LogP contribution >= 0.6 is 0 Å². The van der Waals surface area contributed by atoms with Gasteiger partial charge in [-0.05, 0) is 17.7 Å². The Balaban J connectivity index is 2.10. The molecule has 15 heavy (non-hydrogen) atoms. The number of aromatic hydroxyl groups is 1. The molecule has 5 nitrogen and oxygen atoms in total. The molecule has 0 saturated carbocycles. The van der Waals surface area contributed by atoms with Crippen molar-refractivity contribution in [3.05, 3.63) is 29.8 Å². The number of oxime groups is 1. The van der Waals surface area contributed by atoms with E-state index in [2.05, 4.69) is 5.16 Å². The van der Waals surface area contributed by atoms with Crippen LogP contribution in [0.2, 0.25) is 0 Å². The molecule has 2 rings (SSSR count). The molecule has 0 bridgehead atoms. The number of phenolic OH excluding ortho intramolecular Hbond substituents is 1. The minimum Gasteiger partial charge on any atom is -0.508 e. The number of benzene rings is 1. The molecule has 1 aromatic rings. The van der Waals surface area contributed by atoms with Crippen molar-refractivity contribution < 1.29 is 19.8 Å². The van der Waals surface area contributed by atoms with E-state index in [-0.39, 0.29) is 24.0 Å². The zero-order valence-corrected chi connectivity index (χ0v) is 7.75. The number of hydrogen-bond donors (Lipinski definition) is 2. The average molecular weight is 207 g/mol. The molecule has 1 unspecified atom stereocenters. The number of carboxylic acids is 1. The summed E-state index contributed by atoms with van der Waals surface area (Å²) in [5.74, 6) is -0.896. The second-order valence-corrected chi connectivity index (χ2v) is 3.23. The van der Waals surface area contributed by atoms with E-state index >= 15 is 0 Å². The Hall–Kier alpha value is -2.04. The highest BCUT2D eigenvalue weighted by atomic mass is 16.6. The largest absolute Gasteiger partial charge is 0.508 e. The number of rotatable bonds is 2. The van der Waals surface area contributed by atoms with Gasteiger partial charge in [0.15, 0.2) is 11.8 Å². The summed E-state index contributed by atoms with van der Waals surface area (Å²) >= 11 is 0. The van der Waals surface area contributed by atoms with E-state index in [4.69, 9.17) is 15.1 Å². The first kappa shape index (κ1) is 9.51. The van der Waals surface area contributed by atoms with Gasteiger partial charge in [-0.3, -0.25) is 0 Å². The molecular weight excluding hydrogens is 198 g/mol. The second-order valence-electron chi connectivity index (χ2n) is 3.23. The molecule has 0 spiro atoms. The van der Waals surface area contributed by atoms with Gasteiger partial charge in [-0.2, -0.15) is 0 Å². The first-order chi connectivity index (χ1) is 7.16. The molecule has 0 aliphatic carbocycles. The van der Waals surface area contributed by atoms with Crippen LogP contribution in [0.3, 0.4) is 0 Å². The van der Waals surface area contributed by atoms with E-state index in [0.29, 0.717) is 0 Å². The molecule has 2 N–H and O–H groups in total. The van der Waals surface area contributed by atoms with Gasteiger partial charge in [-0.15, -0.1) is 0 Å². The lowest BCUT2D eigenvalue weighted by Crippen LogP contribution is -2.11. The van der Waals surface area contributed by atoms with E-state index in [0.717, 1.165) is 5.56 Å². The Bertz CT molecular complexity index is 410. The van der Waals surface area contributed by atoms with E-state index in [1.807, 2.05) is 0 Å². The van der Waals surface area contributed by atoms with Crippen molar-refractivity contribution in [1.29, 1.82) is 0 Å². The summed E-state index contributed by atoms with van der Waals surface area (Å²) in [6.07, 6.45) is -0.114. The van der Waals surface area contributed by atoms with Crippen LogP contribution in [0.1, 0.15) is 18.1 Å². The fourth-order valence-electron chi connectivity index (χ4n) is 1.37. The molecule has 0 radical (unpaired) electrons. The Morgan fingerprint density at radius 3 is 2.60 bits per heavy atom. The Kier molecular flexibility index (Phi) is 2.29. The minimum atomic E-state index is -1.06. The van der Waals surface area contributed by atoms with E-state index in [9.17, 15) is 4.79 Å². The van der Waals surface area contributed by atoms with Gasteiger partial charge in [0.1, 0.15) is 5.75 Å². The van der Waals surface area contributed by atoms with Crippen LogP contribution in [0.5, 0.6) is 5.75 Å². The summed E-state index contributed by atoms with van der Waals surface area (Å²) in [7, 11) is 0. The molecule has 5 heteroatoms. The third-order valence-electron chi connectivity index (χ3n) is 2.18. The highest BCUT2D eigenvalue weighted by Gasteiger charge is 2.26. The van der Waals surface area contributed by atoms with Crippen molar-refractivity contribution in [2.24, 2.45) is 5.16 Å². The van der Waals surface area contributed by atoms with Gasteiger partial charge >= 0.3 is 5.97 Å². The summed E-state index contributed by atoms with van der Waals surface area (Å²) in [6, 6.07) is 6.41. The maximum atomic E-state index is 10.6. The zero-order valence-electron chi connectivity index (χ0n) is 7.75. The number of phenols is 1. The first-order valence-electron chi connectivity index (χ1n) is 4.42. The summed E-state index contributed by atoms with van der Waals surface area (Å²) in [4.78, 5) is 15.6. The predicted molar refractivity (Wildman–Crippen MR) is 51.6 cm³/mol. The van der Waals surface area contributed by atoms with Gasteiger partial charge < -0.3 is 15.1 Å². The maximum Gasteiger partial charge on any atom is 0.353 e. The topological polar surface area (TPSA) is 79.1 Å². The molecule has 0 amide bonds. The molecule has 0 saturated heterocycles. The lowest BCUT2D eigenvalue weighted by molar-refractivity contribution is -0.129. The van der Waals surface area contributed by atoms with Crippen LogP contribution in [0.4, 0.5) is 0 Å². The predicted octanol–water partition coefficient (Wildman–Crippen LogP) is 1.29. The number of carboxylic acid groups (broad SMARTS) is 1. The molecule has 1 aliphatic rings. The molecule has 1 atom stereocenters. The zero-order chi connectivity index (χ0) is 10.8. The molecule has 78 valence electrons. The molecule has 0 aromatic heterocycles. The highest BCUT2D eigenvalue weighted by Crippen LogP contribution is 2.28. The Morgan fingerprint density at radius 2 is 2.07 bits per heavy atom. The smallest absolute Gasteiger partial charge is 0.353 e. The van der Waals surface area contributed by atoms with Crippen molar-refractivity contribution >= 4 is 11.7 Å². The first-order valence-corrected chi connectivity index (χ1v) is 4.42. The summed E-state index contributed by atoms with van der Waals surface area (Å²) in [6.45, 7) is 0. The van der Waals surface area contributed by atoms with E-state index in [1.54, 1.807) is 12.1 Å². The Labute approximate surface area is 85.6 Å². The average Bonchev–Trinajstić information content (AvgIpc) is 2.68.